The zero-order valence-electron chi connectivity index (χ0n) is 8.53. The third kappa shape index (κ3) is 3.60. The summed E-state index contributed by atoms with van der Waals surface area (Å²) in [6.45, 7) is 2.68. The molecule has 0 aliphatic carbocycles. The minimum Gasteiger partial charge on any atom is -0.330 e. The zero-order valence-corrected chi connectivity index (χ0v) is 9.35. The summed E-state index contributed by atoms with van der Waals surface area (Å²) >= 11 is 0. The van der Waals surface area contributed by atoms with Gasteiger partial charge in [-0.1, -0.05) is 24.3 Å². The van der Waals surface area contributed by atoms with Gasteiger partial charge >= 0.3 is 0 Å². The molecular weight excluding hydrogens is 194 g/mol. The Morgan fingerprint density at radius 3 is 2.71 bits per heavy atom. The molecule has 0 radical (unpaired) electrons. The lowest BCUT2D eigenvalue weighted by Gasteiger charge is -2.04. The lowest BCUT2D eigenvalue weighted by molar-refractivity contribution is 0.680. The van der Waals surface area contributed by atoms with Gasteiger partial charge in [0.05, 0.1) is 0 Å². The van der Waals surface area contributed by atoms with E-state index in [2.05, 4.69) is 13.0 Å². The number of hydrogen-bond acceptors (Lipinski definition) is 2. The van der Waals surface area contributed by atoms with Crippen molar-refractivity contribution in [2.75, 3.05) is 12.3 Å². The van der Waals surface area contributed by atoms with E-state index in [1.807, 2.05) is 18.2 Å². The zero-order chi connectivity index (χ0) is 10.4. The Bertz CT molecular complexity index is 312. The maximum Gasteiger partial charge on any atom is 0.0488 e. The summed E-state index contributed by atoms with van der Waals surface area (Å²) in [5.41, 5.74) is 7.77. The largest absolute Gasteiger partial charge is 0.330 e. The summed E-state index contributed by atoms with van der Waals surface area (Å²) in [4.78, 5) is 0. The van der Waals surface area contributed by atoms with Crippen LogP contribution in [0.3, 0.4) is 0 Å². The molecule has 1 unspecified atom stereocenters. The SMILES string of the molecule is Cc1ccccc1CS(=O)CCCN. The molecule has 1 aromatic rings. The Balaban J connectivity index is 2.52. The van der Waals surface area contributed by atoms with Crippen LogP contribution in [0.25, 0.3) is 0 Å². The summed E-state index contributed by atoms with van der Waals surface area (Å²) in [5, 5.41) is 0. The molecule has 1 rings (SSSR count). The first-order chi connectivity index (χ1) is 6.74. The van der Waals surface area contributed by atoms with Crippen LogP contribution >= 0.6 is 0 Å². The fourth-order valence-electron chi connectivity index (χ4n) is 1.26. The molecular formula is C11H17NOS. The van der Waals surface area contributed by atoms with Gasteiger partial charge in [0.15, 0.2) is 0 Å². The van der Waals surface area contributed by atoms with Crippen molar-refractivity contribution in [3.63, 3.8) is 0 Å². The number of nitrogens with two attached hydrogens (primary N) is 1. The van der Waals surface area contributed by atoms with E-state index in [4.69, 9.17) is 5.73 Å². The average Bonchev–Trinajstić information content (AvgIpc) is 2.18. The number of benzene rings is 1. The fourth-order valence-corrected chi connectivity index (χ4v) is 2.57. The molecule has 0 aliphatic rings. The normalized spacial score (nSPS) is 12.7. The van der Waals surface area contributed by atoms with Crippen molar-refractivity contribution in [3.8, 4) is 0 Å². The van der Waals surface area contributed by atoms with Gasteiger partial charge in [-0.15, -0.1) is 0 Å². The second-order valence-electron chi connectivity index (χ2n) is 3.36. The molecule has 2 N–H and O–H groups in total. The third-order valence-electron chi connectivity index (χ3n) is 2.15. The van der Waals surface area contributed by atoms with Crippen molar-refractivity contribution in [1.29, 1.82) is 0 Å². The van der Waals surface area contributed by atoms with Crippen LogP contribution in [0.5, 0.6) is 0 Å². The first kappa shape index (κ1) is 11.4. The molecule has 0 aliphatic heterocycles. The summed E-state index contributed by atoms with van der Waals surface area (Å²) in [6.07, 6.45) is 0.846. The monoisotopic (exact) mass is 211 g/mol. The highest BCUT2D eigenvalue weighted by Crippen LogP contribution is 2.09. The van der Waals surface area contributed by atoms with Crippen LogP contribution < -0.4 is 5.73 Å². The van der Waals surface area contributed by atoms with Gasteiger partial charge in [-0.05, 0) is 31.0 Å². The van der Waals surface area contributed by atoms with Gasteiger partial charge in [0, 0.05) is 22.3 Å². The van der Waals surface area contributed by atoms with E-state index in [1.54, 1.807) is 0 Å². The molecule has 0 saturated carbocycles. The molecule has 0 amide bonds. The van der Waals surface area contributed by atoms with Crippen molar-refractivity contribution in [2.24, 2.45) is 5.73 Å². The van der Waals surface area contributed by atoms with Crippen LogP contribution in [-0.2, 0) is 16.6 Å². The van der Waals surface area contributed by atoms with Crippen LogP contribution in [-0.4, -0.2) is 16.5 Å². The smallest absolute Gasteiger partial charge is 0.0488 e. The fraction of sp³-hybridized carbons (Fsp3) is 0.455. The Morgan fingerprint density at radius 1 is 1.36 bits per heavy atom. The first-order valence-corrected chi connectivity index (χ1v) is 6.32. The van der Waals surface area contributed by atoms with Crippen molar-refractivity contribution < 1.29 is 4.21 Å². The molecule has 0 fully saturated rings. The lowest BCUT2D eigenvalue weighted by atomic mass is 10.1. The molecule has 1 aromatic carbocycles. The summed E-state index contributed by atoms with van der Waals surface area (Å²) in [5.74, 6) is 1.37. The molecule has 3 heteroatoms. The molecule has 1 atom stereocenters. The maximum absolute atomic E-state index is 11.6. The van der Waals surface area contributed by atoms with Gasteiger partial charge in [-0.25, -0.2) is 0 Å². The van der Waals surface area contributed by atoms with Crippen molar-refractivity contribution in [1.82, 2.24) is 0 Å². The Morgan fingerprint density at radius 2 is 2.07 bits per heavy atom. The topological polar surface area (TPSA) is 43.1 Å². The quantitative estimate of drug-likeness (QED) is 0.803. The van der Waals surface area contributed by atoms with Crippen molar-refractivity contribution in [3.05, 3.63) is 35.4 Å². The standard InChI is InChI=1S/C11H17NOS/c1-10-5-2-3-6-11(10)9-14(13)8-4-7-12/h2-3,5-6H,4,7-9,12H2,1H3. The van der Waals surface area contributed by atoms with E-state index >= 15 is 0 Å². The van der Waals surface area contributed by atoms with Crippen LogP contribution in [0.15, 0.2) is 24.3 Å². The highest BCUT2D eigenvalue weighted by molar-refractivity contribution is 7.84. The number of hydrogen-bond donors (Lipinski definition) is 1. The van der Waals surface area contributed by atoms with Crippen LogP contribution in [0.1, 0.15) is 17.5 Å². The van der Waals surface area contributed by atoms with Crippen molar-refractivity contribution >= 4 is 10.8 Å². The van der Waals surface area contributed by atoms with Gasteiger partial charge in [-0.3, -0.25) is 4.21 Å². The van der Waals surface area contributed by atoms with Gasteiger partial charge < -0.3 is 5.73 Å². The molecule has 78 valence electrons. The van der Waals surface area contributed by atoms with E-state index in [1.165, 1.54) is 11.1 Å². The molecule has 0 bridgehead atoms. The van der Waals surface area contributed by atoms with Crippen LogP contribution in [0.2, 0.25) is 0 Å². The Kier molecular flexibility index (Phi) is 4.84. The van der Waals surface area contributed by atoms with E-state index in [0.29, 0.717) is 18.1 Å². The summed E-state index contributed by atoms with van der Waals surface area (Å²) in [7, 11) is -0.761. The predicted octanol–water partition coefficient (Wildman–Crippen LogP) is 1.59. The van der Waals surface area contributed by atoms with E-state index < -0.39 is 10.8 Å². The number of aryl methyl sites for hydroxylation is 1. The molecule has 14 heavy (non-hydrogen) atoms. The molecule has 0 aromatic heterocycles. The lowest BCUT2D eigenvalue weighted by Crippen LogP contribution is -2.07. The van der Waals surface area contributed by atoms with Gasteiger partial charge in [0.2, 0.25) is 0 Å². The predicted molar refractivity (Wildman–Crippen MR) is 61.6 cm³/mol. The molecule has 2 nitrogen and oxygen atoms in total. The third-order valence-corrected chi connectivity index (χ3v) is 3.53. The highest BCUT2D eigenvalue weighted by Gasteiger charge is 2.02. The van der Waals surface area contributed by atoms with E-state index in [9.17, 15) is 4.21 Å². The maximum atomic E-state index is 11.6. The number of rotatable bonds is 5. The second kappa shape index (κ2) is 5.94. The van der Waals surface area contributed by atoms with Gasteiger partial charge in [0.1, 0.15) is 0 Å². The molecule has 0 heterocycles. The minimum atomic E-state index is -0.761. The summed E-state index contributed by atoms with van der Waals surface area (Å²) < 4.78 is 11.6. The van der Waals surface area contributed by atoms with Gasteiger partial charge in [0.25, 0.3) is 0 Å². The summed E-state index contributed by atoms with van der Waals surface area (Å²) in [6, 6.07) is 8.08. The van der Waals surface area contributed by atoms with Crippen molar-refractivity contribution in [2.45, 2.75) is 19.1 Å². The minimum absolute atomic E-state index is 0.625. The second-order valence-corrected chi connectivity index (χ2v) is 4.93. The Labute approximate surface area is 88.0 Å². The Hall–Kier alpha value is -0.670. The van der Waals surface area contributed by atoms with Gasteiger partial charge in [-0.2, -0.15) is 0 Å². The average molecular weight is 211 g/mol. The van der Waals surface area contributed by atoms with Crippen LogP contribution in [0.4, 0.5) is 0 Å². The molecule has 0 saturated heterocycles. The first-order valence-electron chi connectivity index (χ1n) is 4.83. The van der Waals surface area contributed by atoms with E-state index in [-0.39, 0.29) is 0 Å². The van der Waals surface area contributed by atoms with E-state index in [0.717, 1.165) is 6.42 Å². The highest BCUT2D eigenvalue weighted by atomic mass is 32.2. The molecule has 0 spiro atoms. The van der Waals surface area contributed by atoms with Crippen LogP contribution in [0, 0.1) is 6.92 Å².